The highest BCUT2D eigenvalue weighted by molar-refractivity contribution is 6.29. The van der Waals surface area contributed by atoms with Crippen LogP contribution in [0.4, 0.5) is 0 Å². The fraction of sp³-hybridized carbons (Fsp3) is 0.400. The summed E-state index contributed by atoms with van der Waals surface area (Å²) in [6, 6.07) is 4.96. The molecule has 0 aliphatic heterocycles. The lowest BCUT2D eigenvalue weighted by molar-refractivity contribution is 0.0917. The number of aromatic nitrogens is 2. The van der Waals surface area contributed by atoms with Gasteiger partial charge in [-0.1, -0.05) is 18.5 Å². The average molecular weight is 239 g/mol. The van der Waals surface area contributed by atoms with Crippen molar-refractivity contribution in [1.29, 1.82) is 5.26 Å². The highest BCUT2D eigenvalue weighted by Crippen LogP contribution is 2.09. The van der Waals surface area contributed by atoms with Gasteiger partial charge in [-0.2, -0.15) is 5.26 Å². The molecule has 0 radical (unpaired) electrons. The van der Waals surface area contributed by atoms with Crippen LogP contribution in [0.15, 0.2) is 12.1 Å². The molecule has 1 rings (SSSR count). The van der Waals surface area contributed by atoms with Gasteiger partial charge < -0.3 is 5.32 Å². The molecule has 0 bridgehead atoms. The maximum absolute atomic E-state index is 11.7. The molecule has 0 fully saturated rings. The Bertz CT molecular complexity index is 425. The molecule has 0 aliphatic rings. The molecule has 84 valence electrons. The quantitative estimate of drug-likeness (QED) is 0.867. The Morgan fingerprint density at radius 1 is 1.62 bits per heavy atom. The van der Waals surface area contributed by atoms with Crippen LogP contribution in [-0.2, 0) is 0 Å². The second kappa shape index (κ2) is 4.90. The van der Waals surface area contributed by atoms with Crippen LogP contribution in [0.5, 0.6) is 0 Å². The lowest BCUT2D eigenvalue weighted by atomic mass is 10.0. The lowest BCUT2D eigenvalue weighted by Crippen LogP contribution is -2.44. The fourth-order valence-corrected chi connectivity index (χ4v) is 1.05. The van der Waals surface area contributed by atoms with Gasteiger partial charge in [0.1, 0.15) is 5.54 Å². The van der Waals surface area contributed by atoms with E-state index >= 15 is 0 Å². The van der Waals surface area contributed by atoms with Crippen LogP contribution in [0, 0.1) is 11.3 Å². The standard InChI is InChI=1S/C10H11ClN4O/c1-3-10(2,6-12)13-9(16)7-4-5-8(11)15-14-7/h4-5H,3H2,1-2H3,(H,13,16). The summed E-state index contributed by atoms with van der Waals surface area (Å²) in [4.78, 5) is 11.7. The van der Waals surface area contributed by atoms with E-state index in [1.165, 1.54) is 12.1 Å². The van der Waals surface area contributed by atoms with E-state index in [0.29, 0.717) is 6.42 Å². The largest absolute Gasteiger partial charge is 0.333 e. The minimum absolute atomic E-state index is 0.138. The zero-order valence-electron chi connectivity index (χ0n) is 8.99. The molecular weight excluding hydrogens is 228 g/mol. The number of nitrogens with zero attached hydrogens (tertiary/aromatic N) is 3. The van der Waals surface area contributed by atoms with Crippen molar-refractivity contribution in [3.05, 3.63) is 23.0 Å². The van der Waals surface area contributed by atoms with Crippen LogP contribution in [0.3, 0.4) is 0 Å². The predicted molar refractivity (Wildman–Crippen MR) is 58.8 cm³/mol. The maximum atomic E-state index is 11.7. The van der Waals surface area contributed by atoms with Crippen molar-refractivity contribution in [2.45, 2.75) is 25.8 Å². The first kappa shape index (κ1) is 12.4. The maximum Gasteiger partial charge on any atom is 0.273 e. The molecule has 0 saturated heterocycles. The van der Waals surface area contributed by atoms with Crippen molar-refractivity contribution >= 4 is 17.5 Å². The first-order valence-corrected chi connectivity index (χ1v) is 5.11. The summed E-state index contributed by atoms with van der Waals surface area (Å²) < 4.78 is 0. The zero-order chi connectivity index (χ0) is 12.2. The highest BCUT2D eigenvalue weighted by atomic mass is 35.5. The first-order valence-electron chi connectivity index (χ1n) is 4.74. The smallest absolute Gasteiger partial charge is 0.273 e. The molecular formula is C10H11ClN4O. The average Bonchev–Trinajstić information content (AvgIpc) is 2.29. The third-order valence-corrected chi connectivity index (χ3v) is 2.41. The number of nitriles is 1. The fourth-order valence-electron chi connectivity index (χ4n) is 0.947. The molecule has 1 amide bonds. The van der Waals surface area contributed by atoms with Crippen LogP contribution in [0.1, 0.15) is 30.8 Å². The third-order valence-electron chi connectivity index (χ3n) is 2.21. The van der Waals surface area contributed by atoms with Gasteiger partial charge in [0.25, 0.3) is 5.91 Å². The molecule has 1 heterocycles. The van der Waals surface area contributed by atoms with E-state index in [1.54, 1.807) is 6.92 Å². The Labute approximate surface area is 98.4 Å². The van der Waals surface area contributed by atoms with Gasteiger partial charge in [0.2, 0.25) is 0 Å². The lowest BCUT2D eigenvalue weighted by Gasteiger charge is -2.20. The van der Waals surface area contributed by atoms with Crippen molar-refractivity contribution in [2.75, 3.05) is 0 Å². The number of amides is 1. The summed E-state index contributed by atoms with van der Waals surface area (Å²) >= 11 is 5.55. The number of carbonyl (C=O) groups excluding carboxylic acids is 1. The second-order valence-electron chi connectivity index (χ2n) is 3.49. The van der Waals surface area contributed by atoms with Gasteiger partial charge >= 0.3 is 0 Å². The molecule has 1 atom stereocenters. The molecule has 0 aromatic carbocycles. The first-order chi connectivity index (χ1) is 7.50. The SMILES string of the molecule is CCC(C)(C#N)NC(=O)c1ccc(Cl)nn1. The Morgan fingerprint density at radius 2 is 2.31 bits per heavy atom. The van der Waals surface area contributed by atoms with Crippen molar-refractivity contribution in [3.8, 4) is 6.07 Å². The number of hydrogen-bond donors (Lipinski definition) is 1. The summed E-state index contributed by atoms with van der Waals surface area (Å²) in [5, 5.41) is 18.9. The molecule has 0 aliphatic carbocycles. The third kappa shape index (κ3) is 2.91. The van der Waals surface area contributed by atoms with Crippen LogP contribution >= 0.6 is 11.6 Å². The Kier molecular flexibility index (Phi) is 3.80. The van der Waals surface area contributed by atoms with Crippen LogP contribution in [0.2, 0.25) is 5.15 Å². The summed E-state index contributed by atoms with van der Waals surface area (Å²) in [5.41, 5.74) is -0.752. The van der Waals surface area contributed by atoms with Gasteiger partial charge in [0.15, 0.2) is 10.8 Å². The minimum Gasteiger partial charge on any atom is -0.333 e. The molecule has 5 nitrogen and oxygen atoms in total. The summed E-state index contributed by atoms with van der Waals surface area (Å²) in [5.74, 6) is -0.435. The summed E-state index contributed by atoms with van der Waals surface area (Å²) in [7, 11) is 0. The van der Waals surface area contributed by atoms with Gasteiger partial charge in [-0.05, 0) is 25.5 Å². The van der Waals surface area contributed by atoms with Crippen LogP contribution in [-0.4, -0.2) is 21.6 Å². The van der Waals surface area contributed by atoms with Gasteiger partial charge in [-0.15, -0.1) is 10.2 Å². The molecule has 16 heavy (non-hydrogen) atoms. The zero-order valence-corrected chi connectivity index (χ0v) is 9.75. The Balaban J connectivity index is 2.81. The molecule has 1 unspecified atom stereocenters. The van der Waals surface area contributed by atoms with Gasteiger partial charge in [0.05, 0.1) is 6.07 Å². The van der Waals surface area contributed by atoms with E-state index in [0.717, 1.165) is 0 Å². The normalized spacial score (nSPS) is 13.6. The van der Waals surface area contributed by atoms with Crippen LogP contribution in [0.25, 0.3) is 0 Å². The minimum atomic E-state index is -0.890. The van der Waals surface area contributed by atoms with Crippen molar-refractivity contribution in [2.24, 2.45) is 0 Å². The predicted octanol–water partition coefficient (Wildman–Crippen LogP) is 1.55. The van der Waals surface area contributed by atoms with Crippen molar-refractivity contribution in [3.63, 3.8) is 0 Å². The number of halogens is 1. The molecule has 1 N–H and O–H groups in total. The molecule has 6 heteroatoms. The number of nitrogens with one attached hydrogen (secondary N) is 1. The van der Waals surface area contributed by atoms with Crippen molar-refractivity contribution < 1.29 is 4.79 Å². The van der Waals surface area contributed by atoms with E-state index in [9.17, 15) is 4.79 Å². The van der Waals surface area contributed by atoms with E-state index in [4.69, 9.17) is 16.9 Å². The number of carbonyl (C=O) groups is 1. The number of hydrogen-bond acceptors (Lipinski definition) is 4. The molecule has 1 aromatic heterocycles. The van der Waals surface area contributed by atoms with E-state index in [1.807, 2.05) is 13.0 Å². The van der Waals surface area contributed by atoms with Crippen molar-refractivity contribution in [1.82, 2.24) is 15.5 Å². The topological polar surface area (TPSA) is 78.7 Å². The van der Waals surface area contributed by atoms with Gasteiger partial charge in [0, 0.05) is 0 Å². The monoisotopic (exact) mass is 238 g/mol. The summed E-state index contributed by atoms with van der Waals surface area (Å²) in [6.07, 6.45) is 0.510. The molecule has 0 spiro atoms. The highest BCUT2D eigenvalue weighted by Gasteiger charge is 2.24. The van der Waals surface area contributed by atoms with E-state index < -0.39 is 11.4 Å². The van der Waals surface area contributed by atoms with E-state index in [-0.39, 0.29) is 10.8 Å². The Hall–Kier alpha value is -1.67. The Morgan fingerprint density at radius 3 is 2.75 bits per heavy atom. The van der Waals surface area contributed by atoms with Crippen LogP contribution < -0.4 is 5.32 Å². The molecule has 1 aromatic rings. The summed E-state index contributed by atoms with van der Waals surface area (Å²) in [6.45, 7) is 3.46. The van der Waals surface area contributed by atoms with E-state index in [2.05, 4.69) is 15.5 Å². The molecule has 0 saturated carbocycles. The van der Waals surface area contributed by atoms with Gasteiger partial charge in [-0.3, -0.25) is 4.79 Å². The van der Waals surface area contributed by atoms with Gasteiger partial charge in [-0.25, -0.2) is 0 Å². The number of rotatable bonds is 3. The second-order valence-corrected chi connectivity index (χ2v) is 3.88.